The third kappa shape index (κ3) is 3.80. The highest BCUT2D eigenvalue weighted by atomic mass is 32.2. The Hall–Kier alpha value is -3.33. The molecule has 0 fully saturated rings. The second kappa shape index (κ2) is 8.34. The van der Waals surface area contributed by atoms with Crippen LogP contribution in [0.3, 0.4) is 0 Å². The Morgan fingerprint density at radius 1 is 0.590 bits per heavy atom. The third-order valence-electron chi connectivity index (χ3n) is 5.99. The Bertz CT molecular complexity index is 1810. The zero-order valence-corrected chi connectivity index (χ0v) is 21.4. The zero-order chi connectivity index (χ0) is 28.8. The van der Waals surface area contributed by atoms with Crippen molar-refractivity contribution in [2.75, 3.05) is 8.15 Å². The molecule has 206 valence electrons. The highest BCUT2D eigenvalue weighted by Crippen LogP contribution is 2.66. The van der Waals surface area contributed by atoms with Crippen molar-refractivity contribution in [2.24, 2.45) is 0 Å². The van der Waals surface area contributed by atoms with Crippen molar-refractivity contribution in [1.29, 1.82) is 0 Å². The van der Waals surface area contributed by atoms with Gasteiger partial charge in [-0.15, -0.1) is 0 Å². The topological polar surface area (TPSA) is 112 Å². The number of sulfonamides is 2. The maximum absolute atomic E-state index is 13.9. The number of rotatable bonds is 2. The van der Waals surface area contributed by atoms with E-state index in [1.807, 2.05) is 0 Å². The molecule has 0 aromatic heterocycles. The third-order valence-corrected chi connectivity index (χ3v) is 12.4. The molecule has 0 aliphatic carbocycles. The molecular weight excluding hydrogens is 597 g/mol. The predicted octanol–water partition coefficient (Wildman–Crippen LogP) is 6.09. The number of alkyl halides is 6. The van der Waals surface area contributed by atoms with Gasteiger partial charge >= 0.3 is 38.7 Å². The monoisotopic (exact) mass is 610 g/mol. The molecule has 0 amide bonds. The number of fused-ring (bicyclic) bond motifs is 7. The highest BCUT2D eigenvalue weighted by Gasteiger charge is 2.65. The van der Waals surface area contributed by atoms with Crippen LogP contribution in [-0.2, 0) is 24.6 Å². The summed E-state index contributed by atoms with van der Waals surface area (Å²) in [5.74, 6) is 0. The van der Waals surface area contributed by atoms with Crippen LogP contribution >= 0.6 is 7.67 Å². The van der Waals surface area contributed by atoms with E-state index in [-0.39, 0.29) is 21.5 Å². The molecule has 0 radical (unpaired) electrons. The fraction of sp³-hybridized carbons (Fsp3) is 0.0909. The van der Waals surface area contributed by atoms with Gasteiger partial charge in [0.15, 0.2) is 0 Å². The summed E-state index contributed by atoms with van der Waals surface area (Å²) < 4.78 is 146. The van der Waals surface area contributed by atoms with E-state index in [0.717, 1.165) is 12.1 Å². The first-order chi connectivity index (χ1) is 17.9. The van der Waals surface area contributed by atoms with Crippen molar-refractivity contribution in [1.82, 2.24) is 0 Å². The van der Waals surface area contributed by atoms with Crippen molar-refractivity contribution in [3.05, 3.63) is 72.8 Å². The van der Waals surface area contributed by atoms with Crippen LogP contribution in [0, 0.1) is 0 Å². The largest absolute Gasteiger partial charge is 0.517 e. The summed E-state index contributed by atoms with van der Waals surface area (Å²) >= 11 is 0. The average molecular weight is 610 g/mol. The summed E-state index contributed by atoms with van der Waals surface area (Å²) in [5, 5.41) is 0.473. The molecule has 0 saturated carbocycles. The maximum Gasteiger partial charge on any atom is 0.517 e. The zero-order valence-electron chi connectivity index (χ0n) is 18.8. The fourth-order valence-corrected chi connectivity index (χ4v) is 10.1. The lowest BCUT2D eigenvalue weighted by Crippen LogP contribution is -2.46. The molecule has 8 nitrogen and oxygen atoms in total. The summed E-state index contributed by atoms with van der Waals surface area (Å²) in [7, 11) is -20.8. The first-order valence-electron chi connectivity index (χ1n) is 10.5. The molecule has 5 rings (SSSR count). The lowest BCUT2D eigenvalue weighted by atomic mass is 9.91. The predicted molar refractivity (Wildman–Crippen MR) is 132 cm³/mol. The van der Waals surface area contributed by atoms with E-state index in [1.165, 1.54) is 48.5 Å². The normalized spacial score (nSPS) is 16.2. The molecule has 0 unspecified atom stereocenters. The minimum Gasteiger partial charge on any atom is -0.312 e. The smallest absolute Gasteiger partial charge is 0.312 e. The standard InChI is InChI=1S/C22H13F6N2O6PS2/c23-21(24,25)38(33,34)29-17-11-9-13-5-1-3-7-15(13)19(17)20-16-8-4-2-6-14(16)10-12-18(20)30(37(29,31)32)39(35,36)22(26,27)28/h1-12H,(H,31,32). The molecule has 4 aromatic rings. The highest BCUT2D eigenvalue weighted by molar-refractivity contribution is 8.07. The summed E-state index contributed by atoms with van der Waals surface area (Å²) in [6.45, 7) is 0. The molecule has 39 heavy (non-hydrogen) atoms. The van der Waals surface area contributed by atoms with Crippen LogP contribution < -0.4 is 8.15 Å². The van der Waals surface area contributed by atoms with Gasteiger partial charge in [-0.05, 0) is 33.7 Å². The van der Waals surface area contributed by atoms with Gasteiger partial charge in [0, 0.05) is 11.1 Å². The van der Waals surface area contributed by atoms with E-state index in [0.29, 0.717) is 12.1 Å². The van der Waals surface area contributed by atoms with Gasteiger partial charge < -0.3 is 4.89 Å². The Morgan fingerprint density at radius 3 is 1.26 bits per heavy atom. The Balaban J connectivity index is 2.13. The van der Waals surface area contributed by atoms with Gasteiger partial charge in [-0.3, -0.25) is 0 Å². The van der Waals surface area contributed by atoms with Gasteiger partial charge in [-0.2, -0.15) is 51.3 Å². The van der Waals surface area contributed by atoms with Gasteiger partial charge in [0.25, 0.3) is 0 Å². The van der Waals surface area contributed by atoms with Gasteiger partial charge in [0.05, 0.1) is 11.4 Å². The first-order valence-corrected chi connectivity index (χ1v) is 15.0. The van der Waals surface area contributed by atoms with Crippen LogP contribution in [0.5, 0.6) is 0 Å². The van der Waals surface area contributed by atoms with Crippen molar-refractivity contribution in [2.45, 2.75) is 11.0 Å². The van der Waals surface area contributed by atoms with Crippen LogP contribution in [0.25, 0.3) is 32.7 Å². The second-order valence-corrected chi connectivity index (χ2v) is 14.2. The molecule has 0 spiro atoms. The van der Waals surface area contributed by atoms with Gasteiger partial charge in [0.2, 0.25) is 0 Å². The van der Waals surface area contributed by atoms with Crippen molar-refractivity contribution in [3.63, 3.8) is 0 Å². The number of benzene rings is 4. The van der Waals surface area contributed by atoms with Gasteiger partial charge in [-0.25, -0.2) is 4.57 Å². The van der Waals surface area contributed by atoms with Crippen molar-refractivity contribution >= 4 is 60.6 Å². The van der Waals surface area contributed by atoms with Crippen LogP contribution in [0.2, 0.25) is 0 Å². The minimum absolute atomic E-state index is 0.0266. The summed E-state index contributed by atoms with van der Waals surface area (Å²) in [4.78, 5) is 11.0. The maximum atomic E-state index is 13.9. The Morgan fingerprint density at radius 2 is 0.923 bits per heavy atom. The van der Waals surface area contributed by atoms with Crippen molar-refractivity contribution in [3.8, 4) is 11.1 Å². The van der Waals surface area contributed by atoms with Crippen LogP contribution in [0.15, 0.2) is 72.8 Å². The summed E-state index contributed by atoms with van der Waals surface area (Å²) in [6, 6.07) is 14.9. The Labute approximate surface area is 216 Å². The summed E-state index contributed by atoms with van der Waals surface area (Å²) in [5.41, 5.74) is -15.9. The van der Waals surface area contributed by atoms with Crippen LogP contribution in [0.1, 0.15) is 0 Å². The second-order valence-electron chi connectivity index (χ2n) is 8.26. The van der Waals surface area contributed by atoms with Crippen LogP contribution in [0.4, 0.5) is 37.7 Å². The molecule has 1 N–H and O–H groups in total. The van der Waals surface area contributed by atoms with E-state index >= 15 is 0 Å². The number of anilines is 2. The number of halogens is 6. The van der Waals surface area contributed by atoms with Crippen molar-refractivity contribution < 1.29 is 52.6 Å². The fourth-order valence-electron chi connectivity index (χ4n) is 4.45. The van der Waals surface area contributed by atoms with Gasteiger partial charge in [0.1, 0.15) is 0 Å². The average Bonchev–Trinajstić information content (AvgIpc) is 2.91. The quantitative estimate of drug-likeness (QED) is 0.217. The van der Waals surface area contributed by atoms with E-state index in [2.05, 4.69) is 0 Å². The van der Waals surface area contributed by atoms with Crippen LogP contribution in [-0.4, -0.2) is 32.7 Å². The van der Waals surface area contributed by atoms with E-state index < -0.39 is 69.4 Å². The molecule has 0 saturated heterocycles. The molecule has 1 aliphatic heterocycles. The molecule has 1 aliphatic rings. The van der Waals surface area contributed by atoms with Gasteiger partial charge in [-0.1, -0.05) is 60.7 Å². The molecule has 17 heteroatoms. The molecule has 0 bridgehead atoms. The summed E-state index contributed by atoms with van der Waals surface area (Å²) in [6.07, 6.45) is 0. The first kappa shape index (κ1) is 27.2. The molecule has 0 atom stereocenters. The molecule has 4 aromatic carbocycles. The van der Waals surface area contributed by atoms with E-state index in [9.17, 15) is 52.6 Å². The number of hydrogen-bond donors (Lipinski definition) is 1. The SMILES string of the molecule is O=P1(O)N(S(=O)(=O)C(F)(F)F)c2ccc3ccccc3c2-c2c(ccc3ccccc23)N1S(=O)(=O)C(F)(F)F. The lowest BCUT2D eigenvalue weighted by molar-refractivity contribution is -0.0437. The number of hydrogen-bond acceptors (Lipinski definition) is 5. The lowest BCUT2D eigenvalue weighted by Gasteiger charge is -2.34. The van der Waals surface area contributed by atoms with E-state index in [4.69, 9.17) is 0 Å². The van der Waals surface area contributed by atoms with E-state index in [1.54, 1.807) is 0 Å². The Kier molecular flexibility index (Phi) is 5.82. The minimum atomic E-state index is -6.98. The molecular formula is C22H13F6N2O6PS2. The number of nitrogens with zero attached hydrogens (tertiary/aromatic N) is 2. The molecule has 1 heterocycles.